The van der Waals surface area contributed by atoms with Gasteiger partial charge in [-0.1, -0.05) is 6.07 Å². The van der Waals surface area contributed by atoms with Crippen molar-refractivity contribution < 1.29 is 28.2 Å². The second-order valence-electron chi connectivity index (χ2n) is 6.99. The van der Waals surface area contributed by atoms with Crippen molar-refractivity contribution in [3.63, 3.8) is 0 Å². The Morgan fingerprint density at radius 2 is 2.07 bits per heavy atom. The summed E-state index contributed by atoms with van der Waals surface area (Å²) in [7, 11) is 0. The van der Waals surface area contributed by atoms with Gasteiger partial charge in [-0.3, -0.25) is 14.4 Å². The van der Waals surface area contributed by atoms with Crippen LogP contribution in [0.4, 0.5) is 8.78 Å². The molecule has 30 heavy (non-hydrogen) atoms. The SMILES string of the molecule is C[C@H]1CO[C@@H]2Cn3cc(C(=O)NCc4ccc(F)cc4F)c(=O)c(O)c3C(=O)N12.[NaH]. The van der Waals surface area contributed by atoms with Crippen molar-refractivity contribution in [2.75, 3.05) is 6.61 Å². The molecule has 4 rings (SSSR count). The number of hydrogen-bond donors (Lipinski definition) is 2. The van der Waals surface area contributed by atoms with Gasteiger partial charge in [0, 0.05) is 24.4 Å². The van der Waals surface area contributed by atoms with E-state index in [1.807, 2.05) is 0 Å². The standard InChI is InChI=1S/C19H17F2N3O5.Na.H/c1-9-8-29-14-7-23-6-12(16(25)17(26)15(23)19(28)24(9)14)18(27)22-5-10-2-3-11(20)4-13(10)21;;/h2-4,6,9,14,26H,5,7-8H2,1H3,(H,22,27);;/t9-,14+;;/m0../s1. The van der Waals surface area contributed by atoms with Gasteiger partial charge < -0.3 is 24.6 Å². The van der Waals surface area contributed by atoms with Crippen LogP contribution in [0.3, 0.4) is 0 Å². The fourth-order valence-electron chi connectivity index (χ4n) is 3.57. The van der Waals surface area contributed by atoms with E-state index in [-0.39, 0.29) is 59.9 Å². The molecule has 1 fully saturated rings. The molecule has 0 unspecified atom stereocenters. The molecule has 2 N–H and O–H groups in total. The van der Waals surface area contributed by atoms with E-state index in [2.05, 4.69) is 5.32 Å². The summed E-state index contributed by atoms with van der Waals surface area (Å²) in [6.07, 6.45) is 0.617. The van der Waals surface area contributed by atoms with Gasteiger partial charge in [-0.15, -0.1) is 0 Å². The third kappa shape index (κ3) is 3.76. The van der Waals surface area contributed by atoms with Gasteiger partial charge in [0.05, 0.1) is 19.2 Å². The van der Waals surface area contributed by atoms with Crippen LogP contribution >= 0.6 is 0 Å². The summed E-state index contributed by atoms with van der Waals surface area (Å²) in [6, 6.07) is 2.70. The number of nitrogens with zero attached hydrogens (tertiary/aromatic N) is 2. The van der Waals surface area contributed by atoms with E-state index in [0.717, 1.165) is 6.07 Å². The molecule has 11 heteroatoms. The van der Waals surface area contributed by atoms with Crippen molar-refractivity contribution in [3.8, 4) is 5.75 Å². The topological polar surface area (TPSA) is 101 Å². The molecule has 0 saturated carbocycles. The first kappa shape index (κ1) is 22.4. The van der Waals surface area contributed by atoms with Crippen molar-refractivity contribution in [1.82, 2.24) is 14.8 Å². The van der Waals surface area contributed by atoms with Crippen LogP contribution in [0.5, 0.6) is 5.75 Å². The molecule has 0 spiro atoms. The number of pyridine rings is 1. The van der Waals surface area contributed by atoms with Gasteiger partial charge >= 0.3 is 29.6 Å². The molecule has 2 aliphatic heterocycles. The zero-order chi connectivity index (χ0) is 20.9. The van der Waals surface area contributed by atoms with E-state index >= 15 is 0 Å². The number of rotatable bonds is 3. The first-order valence-corrected chi connectivity index (χ1v) is 8.90. The molecule has 3 heterocycles. The van der Waals surface area contributed by atoms with Crippen LogP contribution in [0.25, 0.3) is 0 Å². The molecule has 2 atom stereocenters. The molecule has 8 nitrogen and oxygen atoms in total. The number of aromatic nitrogens is 1. The average molecular weight is 429 g/mol. The number of nitrogens with one attached hydrogen (secondary N) is 1. The third-order valence-electron chi connectivity index (χ3n) is 5.06. The minimum absolute atomic E-state index is 0. The minimum atomic E-state index is -1.01. The van der Waals surface area contributed by atoms with E-state index in [9.17, 15) is 28.3 Å². The number of amides is 2. The van der Waals surface area contributed by atoms with Gasteiger partial charge in [0.1, 0.15) is 17.2 Å². The summed E-state index contributed by atoms with van der Waals surface area (Å²) in [5, 5.41) is 12.7. The summed E-state index contributed by atoms with van der Waals surface area (Å²) in [5.41, 5.74) is -1.58. The maximum atomic E-state index is 13.7. The number of hydrogen-bond acceptors (Lipinski definition) is 5. The Bertz CT molecular complexity index is 1090. The van der Waals surface area contributed by atoms with Gasteiger partial charge in [0.2, 0.25) is 5.43 Å². The second-order valence-corrected chi connectivity index (χ2v) is 6.99. The quantitative estimate of drug-likeness (QED) is 0.685. The van der Waals surface area contributed by atoms with Crippen LogP contribution in [-0.2, 0) is 17.8 Å². The molecule has 0 aliphatic carbocycles. The predicted molar refractivity (Wildman–Crippen MR) is 102 cm³/mol. The van der Waals surface area contributed by atoms with E-state index in [1.165, 1.54) is 21.7 Å². The van der Waals surface area contributed by atoms with Gasteiger partial charge in [0.25, 0.3) is 11.8 Å². The molecule has 1 aromatic carbocycles. The number of aromatic hydroxyl groups is 1. The summed E-state index contributed by atoms with van der Waals surface area (Å²) >= 11 is 0. The summed E-state index contributed by atoms with van der Waals surface area (Å²) in [4.78, 5) is 39.1. The van der Waals surface area contributed by atoms with Crippen LogP contribution in [-0.4, -0.2) is 74.8 Å². The van der Waals surface area contributed by atoms with Crippen molar-refractivity contribution >= 4 is 41.4 Å². The normalized spacial score (nSPS) is 19.7. The number of fused-ring (bicyclic) bond motifs is 2. The molecule has 0 bridgehead atoms. The van der Waals surface area contributed by atoms with Crippen LogP contribution in [0, 0.1) is 11.6 Å². The first-order chi connectivity index (χ1) is 13.8. The Hall–Kier alpha value is -2.27. The predicted octanol–water partition coefficient (Wildman–Crippen LogP) is 0.314. The first-order valence-electron chi connectivity index (χ1n) is 8.90. The number of carbonyl (C=O) groups excluding carboxylic acids is 2. The maximum absolute atomic E-state index is 13.7. The van der Waals surface area contributed by atoms with Gasteiger partial charge in [-0.05, 0) is 13.0 Å². The van der Waals surface area contributed by atoms with E-state index in [1.54, 1.807) is 6.92 Å². The van der Waals surface area contributed by atoms with Crippen LogP contribution in [0.1, 0.15) is 33.3 Å². The molecule has 2 aliphatic rings. The molecule has 2 aromatic rings. The monoisotopic (exact) mass is 429 g/mol. The van der Waals surface area contributed by atoms with E-state index in [4.69, 9.17) is 4.74 Å². The van der Waals surface area contributed by atoms with Crippen molar-refractivity contribution in [1.29, 1.82) is 0 Å². The zero-order valence-corrected chi connectivity index (χ0v) is 15.3. The fourth-order valence-corrected chi connectivity index (χ4v) is 3.57. The van der Waals surface area contributed by atoms with Crippen molar-refractivity contribution in [2.24, 2.45) is 0 Å². The van der Waals surface area contributed by atoms with Crippen molar-refractivity contribution in [3.05, 3.63) is 63.1 Å². The summed E-state index contributed by atoms with van der Waals surface area (Å²) in [5.74, 6) is -3.83. The Labute approximate surface area is 191 Å². The number of benzene rings is 1. The number of ether oxygens (including phenoxy) is 1. The Kier molecular flexibility index (Phi) is 6.32. The fraction of sp³-hybridized carbons (Fsp3) is 0.316. The third-order valence-corrected chi connectivity index (χ3v) is 5.06. The summed E-state index contributed by atoms with van der Waals surface area (Å²) < 4.78 is 33.6. The molecule has 1 saturated heterocycles. The zero-order valence-electron chi connectivity index (χ0n) is 15.3. The Morgan fingerprint density at radius 1 is 1.33 bits per heavy atom. The van der Waals surface area contributed by atoms with Crippen LogP contribution in [0.15, 0.2) is 29.2 Å². The number of halogens is 2. The molecule has 2 amide bonds. The molecule has 0 radical (unpaired) electrons. The van der Waals surface area contributed by atoms with Crippen LogP contribution in [0.2, 0.25) is 0 Å². The van der Waals surface area contributed by atoms with Gasteiger partial charge in [-0.25, -0.2) is 8.78 Å². The van der Waals surface area contributed by atoms with Crippen LogP contribution < -0.4 is 10.7 Å². The Morgan fingerprint density at radius 3 is 2.77 bits per heavy atom. The van der Waals surface area contributed by atoms with Gasteiger partial charge in [-0.2, -0.15) is 0 Å². The Balaban J connectivity index is 0.00000256. The molecular weight excluding hydrogens is 411 g/mol. The van der Waals surface area contributed by atoms with E-state index in [0.29, 0.717) is 12.7 Å². The molecular formula is C19H18F2N3NaO5. The molecule has 154 valence electrons. The van der Waals surface area contributed by atoms with E-state index < -0.39 is 46.4 Å². The number of carbonyl (C=O) groups is 2. The van der Waals surface area contributed by atoms with Gasteiger partial charge in [0.15, 0.2) is 17.7 Å². The average Bonchev–Trinajstić information content (AvgIpc) is 3.04. The molecule has 1 aromatic heterocycles. The van der Waals surface area contributed by atoms with Crippen molar-refractivity contribution in [2.45, 2.75) is 32.3 Å². The summed E-state index contributed by atoms with van der Waals surface area (Å²) in [6.45, 7) is 1.97. The second kappa shape index (κ2) is 8.46.